The second-order valence-electron chi connectivity index (χ2n) is 4.48. The highest BCUT2D eigenvalue weighted by molar-refractivity contribution is 5.98. The van der Waals surface area contributed by atoms with Gasteiger partial charge in [0.25, 0.3) is 0 Å². The Morgan fingerprint density at radius 3 is 2.28 bits per heavy atom. The number of benzene rings is 2. The van der Waals surface area contributed by atoms with E-state index in [4.69, 9.17) is 5.41 Å². The zero-order chi connectivity index (χ0) is 13.0. The molecule has 0 aliphatic heterocycles. The molecule has 0 fully saturated rings. The fraction of sp³-hybridized carbons (Fsp3) is 0.188. The topological polar surface area (TPSA) is 44.1 Å². The van der Waals surface area contributed by atoms with Gasteiger partial charge in [0, 0.05) is 12.1 Å². The molecule has 0 radical (unpaired) electrons. The van der Waals surface area contributed by atoms with Crippen molar-refractivity contribution in [1.29, 1.82) is 5.41 Å². The maximum Gasteiger partial charge on any atom is 0.0845 e. The Morgan fingerprint density at radius 1 is 1.06 bits per heavy atom. The van der Waals surface area contributed by atoms with Gasteiger partial charge >= 0.3 is 0 Å². The van der Waals surface area contributed by atoms with Gasteiger partial charge in [0.1, 0.15) is 0 Å². The van der Waals surface area contributed by atoms with Gasteiger partial charge in [-0.05, 0) is 18.1 Å². The Balaban J connectivity index is 2.06. The Morgan fingerprint density at radius 2 is 1.67 bits per heavy atom. The van der Waals surface area contributed by atoms with E-state index in [0.717, 1.165) is 11.1 Å². The van der Waals surface area contributed by atoms with Gasteiger partial charge in [-0.1, -0.05) is 60.2 Å². The highest BCUT2D eigenvalue weighted by Crippen LogP contribution is 2.19. The van der Waals surface area contributed by atoms with Crippen molar-refractivity contribution in [3.05, 3.63) is 71.3 Å². The highest BCUT2D eigenvalue weighted by atomic mass is 16.3. The van der Waals surface area contributed by atoms with Crippen LogP contribution in [0.4, 0.5) is 0 Å². The Kier molecular flexibility index (Phi) is 3.90. The Labute approximate surface area is 107 Å². The first-order chi connectivity index (χ1) is 8.66. The molecule has 1 unspecified atom stereocenters. The molecule has 0 aliphatic carbocycles. The number of hydrogen-bond donors (Lipinski definition) is 2. The number of hydrogen-bond acceptors (Lipinski definition) is 2. The molecule has 92 valence electrons. The van der Waals surface area contributed by atoms with E-state index >= 15 is 0 Å². The third kappa shape index (κ3) is 3.05. The first kappa shape index (κ1) is 12.5. The molecule has 2 aromatic carbocycles. The summed E-state index contributed by atoms with van der Waals surface area (Å²) >= 11 is 0. The number of aliphatic hydroxyl groups is 1. The molecule has 0 saturated carbocycles. The molecule has 0 heterocycles. The van der Waals surface area contributed by atoms with E-state index in [1.807, 2.05) is 61.5 Å². The monoisotopic (exact) mass is 239 g/mol. The van der Waals surface area contributed by atoms with Crippen LogP contribution in [0.1, 0.15) is 29.2 Å². The molecule has 0 aromatic heterocycles. The fourth-order valence-electron chi connectivity index (χ4n) is 1.86. The maximum absolute atomic E-state index is 10.1. The van der Waals surface area contributed by atoms with Gasteiger partial charge in [-0.2, -0.15) is 0 Å². The molecule has 0 saturated heterocycles. The summed E-state index contributed by atoms with van der Waals surface area (Å²) in [5.41, 5.74) is 3.36. The lowest BCUT2D eigenvalue weighted by atomic mass is 9.99. The van der Waals surface area contributed by atoms with E-state index < -0.39 is 6.10 Å². The van der Waals surface area contributed by atoms with E-state index in [2.05, 4.69) is 0 Å². The quantitative estimate of drug-likeness (QED) is 0.788. The summed E-state index contributed by atoms with van der Waals surface area (Å²) in [6.45, 7) is 2.02. The minimum Gasteiger partial charge on any atom is -0.388 e. The molecule has 2 nitrogen and oxygen atoms in total. The third-order valence-corrected chi connectivity index (χ3v) is 2.98. The predicted molar refractivity (Wildman–Crippen MR) is 74.0 cm³/mol. The van der Waals surface area contributed by atoms with Crippen molar-refractivity contribution in [1.82, 2.24) is 0 Å². The summed E-state index contributed by atoms with van der Waals surface area (Å²) in [6, 6.07) is 17.3. The first-order valence-electron chi connectivity index (χ1n) is 6.04. The van der Waals surface area contributed by atoms with Crippen molar-refractivity contribution < 1.29 is 5.11 Å². The number of aryl methyl sites for hydroxylation is 1. The first-order valence-corrected chi connectivity index (χ1v) is 6.04. The summed E-state index contributed by atoms with van der Waals surface area (Å²) in [5, 5.41) is 18.1. The van der Waals surface area contributed by atoms with Crippen LogP contribution < -0.4 is 0 Å². The Bertz CT molecular complexity index is 517. The van der Waals surface area contributed by atoms with Gasteiger partial charge < -0.3 is 10.5 Å². The summed E-state index contributed by atoms with van der Waals surface area (Å²) < 4.78 is 0. The maximum atomic E-state index is 10.1. The molecule has 18 heavy (non-hydrogen) atoms. The number of rotatable bonds is 4. The zero-order valence-corrected chi connectivity index (χ0v) is 10.4. The molecular weight excluding hydrogens is 222 g/mol. The fourth-order valence-corrected chi connectivity index (χ4v) is 1.86. The molecule has 2 rings (SSSR count). The van der Waals surface area contributed by atoms with Crippen LogP contribution in [0.25, 0.3) is 0 Å². The third-order valence-electron chi connectivity index (χ3n) is 2.98. The van der Waals surface area contributed by atoms with Crippen LogP contribution in [-0.2, 0) is 0 Å². The smallest absolute Gasteiger partial charge is 0.0845 e. The summed E-state index contributed by atoms with van der Waals surface area (Å²) in [4.78, 5) is 0. The largest absolute Gasteiger partial charge is 0.388 e. The van der Waals surface area contributed by atoms with Gasteiger partial charge in [0.05, 0.1) is 6.10 Å². The lowest BCUT2D eigenvalue weighted by Crippen LogP contribution is -2.07. The zero-order valence-electron chi connectivity index (χ0n) is 10.4. The van der Waals surface area contributed by atoms with E-state index in [1.54, 1.807) is 0 Å². The van der Waals surface area contributed by atoms with E-state index in [-0.39, 0.29) is 0 Å². The van der Waals surface area contributed by atoms with E-state index in [1.165, 1.54) is 5.56 Å². The molecule has 0 spiro atoms. The van der Waals surface area contributed by atoms with Gasteiger partial charge in [-0.15, -0.1) is 0 Å². The summed E-state index contributed by atoms with van der Waals surface area (Å²) in [7, 11) is 0. The molecule has 2 N–H and O–H groups in total. The molecule has 1 atom stereocenters. The second kappa shape index (κ2) is 5.61. The average Bonchev–Trinajstić information content (AvgIpc) is 2.40. The minimum absolute atomic E-state index is 0.340. The van der Waals surface area contributed by atoms with Gasteiger partial charge in [0.15, 0.2) is 0 Å². The van der Waals surface area contributed by atoms with Crippen molar-refractivity contribution in [2.24, 2.45) is 0 Å². The summed E-state index contributed by atoms with van der Waals surface area (Å²) in [5.74, 6) is 0. The second-order valence-corrected chi connectivity index (χ2v) is 4.48. The van der Waals surface area contributed by atoms with Crippen molar-refractivity contribution in [2.45, 2.75) is 19.4 Å². The Hall–Kier alpha value is -1.93. The van der Waals surface area contributed by atoms with Crippen molar-refractivity contribution in [3.63, 3.8) is 0 Å². The SMILES string of the molecule is Cc1ccc(C(O)CC(=N)c2ccccc2)cc1. The van der Waals surface area contributed by atoms with Crippen molar-refractivity contribution in [2.75, 3.05) is 0 Å². The lowest BCUT2D eigenvalue weighted by Gasteiger charge is -2.12. The average molecular weight is 239 g/mol. The lowest BCUT2D eigenvalue weighted by molar-refractivity contribution is 0.186. The van der Waals surface area contributed by atoms with Crippen LogP contribution in [0.15, 0.2) is 54.6 Å². The van der Waals surface area contributed by atoms with Crippen LogP contribution >= 0.6 is 0 Å². The molecule has 0 aliphatic rings. The van der Waals surface area contributed by atoms with Gasteiger partial charge in [-0.3, -0.25) is 0 Å². The van der Waals surface area contributed by atoms with E-state index in [0.29, 0.717) is 12.1 Å². The molecule has 0 bridgehead atoms. The van der Waals surface area contributed by atoms with Crippen LogP contribution in [0.5, 0.6) is 0 Å². The van der Waals surface area contributed by atoms with Crippen LogP contribution in [0.3, 0.4) is 0 Å². The molecule has 2 heteroatoms. The van der Waals surface area contributed by atoms with Crippen LogP contribution in [0.2, 0.25) is 0 Å². The van der Waals surface area contributed by atoms with Crippen LogP contribution in [-0.4, -0.2) is 10.8 Å². The standard InChI is InChI=1S/C16H17NO/c1-12-7-9-14(10-8-12)16(18)11-15(17)13-5-3-2-4-6-13/h2-10,16-18H,11H2,1H3. The van der Waals surface area contributed by atoms with Gasteiger partial charge in [0.2, 0.25) is 0 Å². The van der Waals surface area contributed by atoms with Crippen molar-refractivity contribution >= 4 is 5.71 Å². The molecular formula is C16H17NO. The summed E-state index contributed by atoms with van der Waals surface area (Å²) in [6.07, 6.45) is -0.272. The predicted octanol–water partition coefficient (Wildman–Crippen LogP) is 3.49. The highest BCUT2D eigenvalue weighted by Gasteiger charge is 2.11. The van der Waals surface area contributed by atoms with Gasteiger partial charge in [-0.25, -0.2) is 0 Å². The van der Waals surface area contributed by atoms with E-state index in [9.17, 15) is 5.11 Å². The number of nitrogens with one attached hydrogen (secondary N) is 1. The van der Waals surface area contributed by atoms with Crippen LogP contribution in [0, 0.1) is 12.3 Å². The van der Waals surface area contributed by atoms with Crippen molar-refractivity contribution in [3.8, 4) is 0 Å². The number of aliphatic hydroxyl groups excluding tert-OH is 1. The molecule has 2 aromatic rings. The minimum atomic E-state index is -0.613. The normalized spacial score (nSPS) is 12.1. The molecule has 0 amide bonds.